The van der Waals surface area contributed by atoms with Crippen molar-refractivity contribution in [1.82, 2.24) is 5.32 Å². The van der Waals surface area contributed by atoms with Crippen LogP contribution in [0.1, 0.15) is 15.2 Å². The third kappa shape index (κ3) is 1.51. The fourth-order valence-corrected chi connectivity index (χ4v) is 2.22. The summed E-state index contributed by atoms with van der Waals surface area (Å²) in [7, 11) is 1.63. The van der Waals surface area contributed by atoms with Crippen molar-refractivity contribution in [2.45, 2.75) is 0 Å². The first kappa shape index (κ1) is 9.21. The van der Waals surface area contributed by atoms with Gasteiger partial charge < -0.3 is 5.32 Å². The molecule has 3 heteroatoms. The summed E-state index contributed by atoms with van der Waals surface area (Å²) in [6.45, 7) is 3.87. The van der Waals surface area contributed by atoms with E-state index in [1.807, 2.05) is 24.3 Å². The Labute approximate surface area is 86.6 Å². The number of carbonyl (C=O) groups is 1. The summed E-state index contributed by atoms with van der Waals surface area (Å²) in [6, 6.07) is 7.67. The SMILES string of the molecule is [CH2]c1cc2cc(C(=O)NC)ccc2s1. The molecule has 0 bridgehead atoms. The molecule has 1 heterocycles. The first-order valence-corrected chi connectivity index (χ1v) is 5.10. The van der Waals surface area contributed by atoms with Gasteiger partial charge in [-0.25, -0.2) is 0 Å². The van der Waals surface area contributed by atoms with Crippen LogP contribution in [0.25, 0.3) is 10.1 Å². The highest BCUT2D eigenvalue weighted by Gasteiger charge is 2.05. The topological polar surface area (TPSA) is 29.1 Å². The second-order valence-electron chi connectivity index (χ2n) is 3.04. The van der Waals surface area contributed by atoms with Crippen LogP contribution in [0.4, 0.5) is 0 Å². The Morgan fingerprint density at radius 3 is 2.93 bits per heavy atom. The van der Waals surface area contributed by atoms with Gasteiger partial charge in [0, 0.05) is 22.2 Å². The summed E-state index contributed by atoms with van der Waals surface area (Å²) in [6.07, 6.45) is 0. The van der Waals surface area contributed by atoms with Crippen molar-refractivity contribution >= 4 is 27.3 Å². The zero-order chi connectivity index (χ0) is 10.1. The zero-order valence-corrected chi connectivity index (χ0v) is 8.65. The second kappa shape index (κ2) is 3.42. The first-order valence-electron chi connectivity index (χ1n) is 4.28. The predicted octanol–water partition coefficient (Wildman–Crippen LogP) is 2.44. The third-order valence-corrected chi connectivity index (χ3v) is 3.03. The Morgan fingerprint density at radius 2 is 2.21 bits per heavy atom. The fourth-order valence-electron chi connectivity index (χ4n) is 1.38. The standard InChI is InChI=1S/C11H10NOS/c1-7-5-9-6-8(11(13)12-2)3-4-10(9)14-7/h3-6H,1H2,2H3,(H,12,13). The van der Waals surface area contributed by atoms with Crippen molar-refractivity contribution in [3.63, 3.8) is 0 Å². The second-order valence-corrected chi connectivity index (χ2v) is 4.21. The maximum atomic E-state index is 11.3. The molecule has 2 aromatic rings. The van der Waals surface area contributed by atoms with Gasteiger partial charge in [-0.2, -0.15) is 0 Å². The molecule has 1 radical (unpaired) electrons. The smallest absolute Gasteiger partial charge is 0.251 e. The molecule has 0 unspecified atom stereocenters. The number of carbonyl (C=O) groups excluding carboxylic acids is 1. The molecule has 0 fully saturated rings. The Balaban J connectivity index is 2.55. The lowest BCUT2D eigenvalue weighted by atomic mass is 10.1. The van der Waals surface area contributed by atoms with Crippen molar-refractivity contribution in [3.8, 4) is 0 Å². The molecule has 1 aromatic carbocycles. The van der Waals surface area contributed by atoms with E-state index in [-0.39, 0.29) is 5.91 Å². The number of nitrogens with one attached hydrogen (secondary N) is 1. The molecule has 0 saturated carbocycles. The number of benzene rings is 1. The number of amides is 1. The van der Waals surface area contributed by atoms with Gasteiger partial charge in [0.05, 0.1) is 0 Å². The van der Waals surface area contributed by atoms with Gasteiger partial charge in [0.2, 0.25) is 0 Å². The summed E-state index contributed by atoms with van der Waals surface area (Å²) >= 11 is 1.64. The molecule has 2 rings (SSSR count). The molecule has 0 aliphatic rings. The lowest BCUT2D eigenvalue weighted by Crippen LogP contribution is -2.17. The van der Waals surface area contributed by atoms with Gasteiger partial charge >= 0.3 is 0 Å². The van der Waals surface area contributed by atoms with Crippen molar-refractivity contribution in [2.75, 3.05) is 7.05 Å². The van der Waals surface area contributed by atoms with Gasteiger partial charge in [-0.05, 0) is 36.6 Å². The maximum Gasteiger partial charge on any atom is 0.251 e. The van der Waals surface area contributed by atoms with Crippen LogP contribution < -0.4 is 5.32 Å². The molecule has 1 amide bonds. The van der Waals surface area contributed by atoms with E-state index in [1.54, 1.807) is 18.4 Å². The third-order valence-electron chi connectivity index (χ3n) is 2.06. The predicted molar refractivity (Wildman–Crippen MR) is 59.7 cm³/mol. The molecular formula is C11H10NOS. The monoisotopic (exact) mass is 204 g/mol. The van der Waals surface area contributed by atoms with Crippen LogP contribution >= 0.6 is 11.3 Å². The molecule has 0 aliphatic carbocycles. The average Bonchev–Trinajstić information content (AvgIpc) is 2.55. The fraction of sp³-hybridized carbons (Fsp3) is 0.0909. The van der Waals surface area contributed by atoms with E-state index in [2.05, 4.69) is 12.2 Å². The molecule has 0 saturated heterocycles. The average molecular weight is 204 g/mol. The van der Waals surface area contributed by atoms with Gasteiger partial charge in [-0.1, -0.05) is 0 Å². The highest BCUT2D eigenvalue weighted by molar-refractivity contribution is 7.19. The van der Waals surface area contributed by atoms with Gasteiger partial charge in [0.1, 0.15) is 0 Å². The van der Waals surface area contributed by atoms with E-state index in [9.17, 15) is 4.79 Å². The van der Waals surface area contributed by atoms with E-state index in [0.29, 0.717) is 5.56 Å². The molecule has 1 aromatic heterocycles. The summed E-state index contributed by atoms with van der Waals surface area (Å²) in [4.78, 5) is 12.4. The molecule has 0 spiro atoms. The lowest BCUT2D eigenvalue weighted by molar-refractivity contribution is 0.0963. The van der Waals surface area contributed by atoms with Crippen LogP contribution in [-0.2, 0) is 0 Å². The van der Waals surface area contributed by atoms with E-state index in [1.165, 1.54) is 4.70 Å². The largest absolute Gasteiger partial charge is 0.355 e. The van der Waals surface area contributed by atoms with Gasteiger partial charge in [0.15, 0.2) is 0 Å². The molecular weight excluding hydrogens is 194 g/mol. The van der Waals surface area contributed by atoms with Gasteiger partial charge in [0.25, 0.3) is 5.91 Å². The highest BCUT2D eigenvalue weighted by Crippen LogP contribution is 2.25. The number of hydrogen-bond acceptors (Lipinski definition) is 2. The molecule has 71 valence electrons. The van der Waals surface area contributed by atoms with Gasteiger partial charge in [-0.15, -0.1) is 11.3 Å². The minimum absolute atomic E-state index is 0.0521. The van der Waals surface area contributed by atoms with Crippen LogP contribution in [0.3, 0.4) is 0 Å². The minimum atomic E-state index is -0.0521. The summed E-state index contributed by atoms with van der Waals surface area (Å²) < 4.78 is 1.17. The van der Waals surface area contributed by atoms with Crippen molar-refractivity contribution < 1.29 is 4.79 Å². The van der Waals surface area contributed by atoms with E-state index < -0.39 is 0 Å². The van der Waals surface area contributed by atoms with E-state index in [0.717, 1.165) is 10.3 Å². The molecule has 1 N–H and O–H groups in total. The molecule has 0 atom stereocenters. The lowest BCUT2D eigenvalue weighted by Gasteiger charge is -1.98. The van der Waals surface area contributed by atoms with Gasteiger partial charge in [-0.3, -0.25) is 4.79 Å². The van der Waals surface area contributed by atoms with Crippen molar-refractivity contribution in [2.24, 2.45) is 0 Å². The Hall–Kier alpha value is -1.35. The highest BCUT2D eigenvalue weighted by atomic mass is 32.1. The number of thiophene rings is 1. The van der Waals surface area contributed by atoms with Crippen LogP contribution in [-0.4, -0.2) is 13.0 Å². The quantitative estimate of drug-likeness (QED) is 0.759. The number of hydrogen-bond donors (Lipinski definition) is 1. The minimum Gasteiger partial charge on any atom is -0.355 e. The molecule has 0 aliphatic heterocycles. The van der Waals surface area contributed by atoms with Crippen LogP contribution in [0, 0.1) is 6.92 Å². The zero-order valence-electron chi connectivity index (χ0n) is 7.83. The van der Waals surface area contributed by atoms with Crippen molar-refractivity contribution in [1.29, 1.82) is 0 Å². The van der Waals surface area contributed by atoms with Crippen LogP contribution in [0.15, 0.2) is 24.3 Å². The van der Waals surface area contributed by atoms with Crippen molar-refractivity contribution in [3.05, 3.63) is 41.6 Å². The summed E-state index contributed by atoms with van der Waals surface area (Å²) in [5.41, 5.74) is 0.692. The summed E-state index contributed by atoms with van der Waals surface area (Å²) in [5.74, 6) is -0.0521. The summed E-state index contributed by atoms with van der Waals surface area (Å²) in [5, 5.41) is 3.69. The normalized spacial score (nSPS) is 10.4. The Morgan fingerprint density at radius 1 is 1.43 bits per heavy atom. The molecule has 2 nitrogen and oxygen atoms in total. The first-order chi connectivity index (χ1) is 6.70. The van der Waals surface area contributed by atoms with Crippen LogP contribution in [0.5, 0.6) is 0 Å². The number of fused-ring (bicyclic) bond motifs is 1. The number of rotatable bonds is 1. The Kier molecular flexibility index (Phi) is 2.25. The van der Waals surface area contributed by atoms with E-state index >= 15 is 0 Å². The van der Waals surface area contributed by atoms with Crippen LogP contribution in [0.2, 0.25) is 0 Å². The van der Waals surface area contributed by atoms with E-state index in [4.69, 9.17) is 0 Å². The molecule has 14 heavy (non-hydrogen) atoms. The maximum absolute atomic E-state index is 11.3. The Bertz CT molecular complexity index is 487.